The van der Waals surface area contributed by atoms with Crippen LogP contribution in [0.5, 0.6) is 5.75 Å². The van der Waals surface area contributed by atoms with Crippen LogP contribution >= 0.6 is 0 Å². The number of halogens is 1. The smallest absolute Gasteiger partial charge is 0.262 e. The average Bonchev–Trinajstić information content (AvgIpc) is 2.92. The Morgan fingerprint density at radius 3 is 2.17 bits per heavy atom. The second-order valence-electron chi connectivity index (χ2n) is 9.20. The maximum absolute atomic E-state index is 14.1. The number of nitrogens with zero attached hydrogens (tertiary/aromatic N) is 1. The van der Waals surface area contributed by atoms with Gasteiger partial charge >= 0.3 is 0 Å². The molecule has 0 radical (unpaired) electrons. The first kappa shape index (κ1) is 29.6. The zero-order valence-electron chi connectivity index (χ0n) is 22.5. The molecule has 0 aromatic heterocycles. The summed E-state index contributed by atoms with van der Waals surface area (Å²) in [5.41, 5.74) is 2.21. The van der Waals surface area contributed by atoms with Gasteiger partial charge in [-0.1, -0.05) is 24.3 Å². The van der Waals surface area contributed by atoms with Gasteiger partial charge in [0.25, 0.3) is 15.9 Å². The molecule has 214 valence electrons. The van der Waals surface area contributed by atoms with E-state index in [1.807, 2.05) is 6.92 Å². The fourth-order valence-electron chi connectivity index (χ4n) is 3.99. The molecule has 4 aromatic carbocycles. The molecule has 0 fully saturated rings. The number of hydrogen-bond acceptors (Lipinski definition) is 6. The van der Waals surface area contributed by atoms with Crippen molar-refractivity contribution in [2.75, 3.05) is 27.7 Å². The molecule has 2 N–H and O–H groups in total. The van der Waals surface area contributed by atoms with Crippen molar-refractivity contribution < 1.29 is 30.8 Å². The summed E-state index contributed by atoms with van der Waals surface area (Å²) >= 11 is 0. The highest BCUT2D eigenvalue weighted by Crippen LogP contribution is 2.28. The third-order valence-electron chi connectivity index (χ3n) is 6.11. The maximum Gasteiger partial charge on any atom is 0.262 e. The van der Waals surface area contributed by atoms with E-state index in [1.165, 1.54) is 73.8 Å². The van der Waals surface area contributed by atoms with Crippen molar-refractivity contribution in [1.82, 2.24) is 0 Å². The molecule has 0 aliphatic carbocycles. The predicted octanol–water partition coefficient (Wildman–Crippen LogP) is 5.16. The van der Waals surface area contributed by atoms with Gasteiger partial charge in [-0.2, -0.15) is 0 Å². The molecular formula is C29H28FN3O6S2. The molecule has 0 heterocycles. The van der Waals surface area contributed by atoms with E-state index in [2.05, 4.69) is 10.0 Å². The number of hydrogen-bond donors (Lipinski definition) is 2. The van der Waals surface area contributed by atoms with E-state index in [0.29, 0.717) is 17.1 Å². The van der Waals surface area contributed by atoms with Gasteiger partial charge in [0.15, 0.2) is 0 Å². The third kappa shape index (κ3) is 7.21. The van der Waals surface area contributed by atoms with Gasteiger partial charge in [-0.3, -0.25) is 13.8 Å². The van der Waals surface area contributed by atoms with Crippen molar-refractivity contribution >= 4 is 43.0 Å². The van der Waals surface area contributed by atoms with Gasteiger partial charge in [-0.05, 0) is 79.2 Å². The zero-order chi connectivity index (χ0) is 29.8. The van der Waals surface area contributed by atoms with E-state index in [4.69, 9.17) is 4.74 Å². The summed E-state index contributed by atoms with van der Waals surface area (Å²) in [4.78, 5) is 12.8. The molecular weight excluding hydrogens is 569 g/mol. The molecule has 4 rings (SSSR count). The molecule has 12 heteroatoms. The summed E-state index contributed by atoms with van der Waals surface area (Å²) in [7, 11) is -6.24. The highest BCUT2D eigenvalue weighted by Gasteiger charge is 2.20. The lowest BCUT2D eigenvalue weighted by Crippen LogP contribution is -2.29. The molecule has 41 heavy (non-hydrogen) atoms. The van der Waals surface area contributed by atoms with Gasteiger partial charge in [0.2, 0.25) is 10.0 Å². The molecule has 0 aliphatic heterocycles. The van der Waals surface area contributed by atoms with E-state index < -0.39 is 31.8 Å². The Bertz CT molecular complexity index is 1780. The standard InChI is InChI=1S/C29H28FN3O6S2/c1-20-8-17-28(39-2)27(18-20)32-41(37,38)25-15-11-23(12-16-25)31-29(34)21-9-13-24(14-10-21)33(40(3,35)36)19-22-6-4-5-7-26(22)30/h4-18,32H,19H2,1-3H3,(H,31,34). The molecule has 9 nitrogen and oxygen atoms in total. The Morgan fingerprint density at radius 2 is 1.56 bits per heavy atom. The molecule has 0 bridgehead atoms. The van der Waals surface area contributed by atoms with E-state index in [-0.39, 0.29) is 28.3 Å². The predicted molar refractivity (Wildman–Crippen MR) is 157 cm³/mol. The Kier molecular flexibility index (Phi) is 8.64. The van der Waals surface area contributed by atoms with Crippen molar-refractivity contribution in [3.63, 3.8) is 0 Å². The van der Waals surface area contributed by atoms with Crippen molar-refractivity contribution in [2.45, 2.75) is 18.4 Å². The topological polar surface area (TPSA) is 122 Å². The number of amides is 1. The number of benzene rings is 4. The van der Waals surface area contributed by atoms with Gasteiger partial charge in [0.1, 0.15) is 11.6 Å². The minimum atomic E-state index is -3.93. The number of carbonyl (C=O) groups excluding carboxylic acids is 1. The molecule has 0 spiro atoms. The summed E-state index contributed by atoms with van der Waals surface area (Å²) in [5.74, 6) is -0.641. The maximum atomic E-state index is 14.1. The first-order chi connectivity index (χ1) is 19.4. The monoisotopic (exact) mass is 597 g/mol. The molecule has 0 saturated heterocycles. The summed E-state index contributed by atoms with van der Waals surface area (Å²) in [6, 6.07) is 22.4. The average molecular weight is 598 g/mol. The second-order valence-corrected chi connectivity index (χ2v) is 12.8. The molecule has 4 aromatic rings. The fraction of sp³-hybridized carbons (Fsp3) is 0.138. The highest BCUT2D eigenvalue weighted by molar-refractivity contribution is 7.92. The molecule has 0 aliphatic rings. The van der Waals surface area contributed by atoms with Crippen LogP contribution in [-0.4, -0.2) is 36.1 Å². The van der Waals surface area contributed by atoms with Crippen molar-refractivity contribution in [3.05, 3.63) is 114 Å². The van der Waals surface area contributed by atoms with Crippen LogP contribution in [-0.2, 0) is 26.6 Å². The Morgan fingerprint density at radius 1 is 0.902 bits per heavy atom. The minimum absolute atomic E-state index is 0.0147. The van der Waals surface area contributed by atoms with Gasteiger partial charge in [0.05, 0.1) is 36.2 Å². The number of sulfonamides is 2. The lowest BCUT2D eigenvalue weighted by Gasteiger charge is -2.23. The van der Waals surface area contributed by atoms with E-state index in [1.54, 1.807) is 24.3 Å². The van der Waals surface area contributed by atoms with Crippen LogP contribution in [0, 0.1) is 12.7 Å². The first-order valence-corrected chi connectivity index (χ1v) is 15.6. The van der Waals surface area contributed by atoms with Gasteiger partial charge in [-0.25, -0.2) is 21.2 Å². The number of ether oxygens (including phenoxy) is 1. The first-order valence-electron chi connectivity index (χ1n) is 12.3. The third-order valence-corrected chi connectivity index (χ3v) is 8.63. The Hall–Kier alpha value is -4.42. The van der Waals surface area contributed by atoms with E-state index in [9.17, 15) is 26.0 Å². The number of aryl methyl sites for hydroxylation is 1. The molecule has 0 atom stereocenters. The van der Waals surface area contributed by atoms with Crippen LogP contribution in [0.15, 0.2) is 95.9 Å². The molecule has 0 unspecified atom stereocenters. The number of anilines is 3. The van der Waals surface area contributed by atoms with Gasteiger partial charge < -0.3 is 10.1 Å². The van der Waals surface area contributed by atoms with Crippen LogP contribution in [0.3, 0.4) is 0 Å². The molecule has 1 amide bonds. The lowest BCUT2D eigenvalue weighted by molar-refractivity contribution is 0.102. The summed E-state index contributed by atoms with van der Waals surface area (Å²) < 4.78 is 73.6. The fourth-order valence-corrected chi connectivity index (χ4v) is 5.93. The SMILES string of the molecule is COc1ccc(C)cc1NS(=O)(=O)c1ccc(NC(=O)c2ccc(N(Cc3ccccc3F)S(C)(=O)=O)cc2)cc1. The quantitative estimate of drug-likeness (QED) is 0.260. The van der Waals surface area contributed by atoms with Gasteiger partial charge in [0, 0.05) is 16.8 Å². The van der Waals surface area contributed by atoms with Crippen LogP contribution in [0.25, 0.3) is 0 Å². The van der Waals surface area contributed by atoms with Crippen molar-refractivity contribution in [1.29, 1.82) is 0 Å². The van der Waals surface area contributed by atoms with Crippen molar-refractivity contribution in [3.8, 4) is 5.75 Å². The summed E-state index contributed by atoms with van der Waals surface area (Å²) in [5, 5.41) is 2.68. The Balaban J connectivity index is 1.46. The number of rotatable bonds is 10. The van der Waals surface area contributed by atoms with Crippen LogP contribution in [0.2, 0.25) is 0 Å². The number of nitrogens with one attached hydrogen (secondary N) is 2. The van der Waals surface area contributed by atoms with Crippen LogP contribution in [0.4, 0.5) is 21.5 Å². The minimum Gasteiger partial charge on any atom is -0.495 e. The summed E-state index contributed by atoms with van der Waals surface area (Å²) in [6.45, 7) is 1.62. The Labute approximate surface area is 238 Å². The van der Waals surface area contributed by atoms with Crippen LogP contribution in [0.1, 0.15) is 21.5 Å². The zero-order valence-corrected chi connectivity index (χ0v) is 24.1. The van der Waals surface area contributed by atoms with Crippen LogP contribution < -0.4 is 19.1 Å². The van der Waals surface area contributed by atoms with Gasteiger partial charge in [-0.15, -0.1) is 0 Å². The normalized spacial score (nSPS) is 11.5. The summed E-state index contributed by atoms with van der Waals surface area (Å²) in [6.07, 6.45) is 1.02. The van der Waals surface area contributed by atoms with E-state index in [0.717, 1.165) is 16.1 Å². The molecule has 0 saturated carbocycles. The number of methoxy groups -OCH3 is 1. The second kappa shape index (κ2) is 12.0. The van der Waals surface area contributed by atoms with Crippen molar-refractivity contribution in [2.24, 2.45) is 0 Å². The largest absolute Gasteiger partial charge is 0.495 e. The lowest BCUT2D eigenvalue weighted by atomic mass is 10.1. The van der Waals surface area contributed by atoms with E-state index >= 15 is 0 Å². The number of carbonyl (C=O) groups is 1. The highest BCUT2D eigenvalue weighted by atomic mass is 32.2.